The third-order valence-electron chi connectivity index (χ3n) is 5.14. The normalized spacial score (nSPS) is 28.6. The molecule has 0 radical (unpaired) electrons. The number of amides is 3. The van der Waals surface area contributed by atoms with Gasteiger partial charge in [0.15, 0.2) is 0 Å². The highest BCUT2D eigenvalue weighted by Gasteiger charge is 2.35. The third-order valence-corrected chi connectivity index (χ3v) is 5.14. The van der Waals surface area contributed by atoms with Crippen molar-refractivity contribution in [1.29, 1.82) is 0 Å². The van der Waals surface area contributed by atoms with Gasteiger partial charge in [-0.1, -0.05) is 19.3 Å². The van der Waals surface area contributed by atoms with E-state index in [-0.39, 0.29) is 30.1 Å². The van der Waals surface area contributed by atoms with Crippen LogP contribution in [0.5, 0.6) is 0 Å². The predicted octanol–water partition coefficient (Wildman–Crippen LogP) is 1.02. The number of carbonyl (C=O) groups is 2. The summed E-state index contributed by atoms with van der Waals surface area (Å²) in [5, 5.41) is 6.03. The topological polar surface area (TPSA) is 79.9 Å². The summed E-state index contributed by atoms with van der Waals surface area (Å²) in [4.78, 5) is 26.7. The maximum atomic E-state index is 12.5. The molecule has 136 valence electrons. The maximum Gasteiger partial charge on any atom is 0.318 e. The van der Waals surface area contributed by atoms with Gasteiger partial charge >= 0.3 is 6.03 Å². The first kappa shape index (κ1) is 17.5. The molecular weight excluding hydrogens is 310 g/mol. The molecule has 3 amide bonds. The Kier molecular flexibility index (Phi) is 6.31. The molecule has 2 heterocycles. The molecule has 1 saturated carbocycles. The monoisotopic (exact) mass is 339 g/mol. The largest absolute Gasteiger partial charge is 0.376 e. The summed E-state index contributed by atoms with van der Waals surface area (Å²) in [6.07, 6.45) is 7.23. The van der Waals surface area contributed by atoms with Gasteiger partial charge in [-0.25, -0.2) is 4.79 Å². The minimum atomic E-state index is -0.363. The van der Waals surface area contributed by atoms with Crippen LogP contribution in [0.2, 0.25) is 0 Å². The zero-order valence-electron chi connectivity index (χ0n) is 14.3. The lowest BCUT2D eigenvalue weighted by molar-refractivity contribution is -0.127. The Morgan fingerprint density at radius 2 is 1.88 bits per heavy atom. The Hall–Kier alpha value is -1.34. The first-order valence-corrected chi connectivity index (χ1v) is 9.28. The zero-order valence-corrected chi connectivity index (χ0v) is 14.3. The molecule has 3 aliphatic rings. The van der Waals surface area contributed by atoms with Crippen LogP contribution >= 0.6 is 0 Å². The molecule has 0 aromatic rings. The van der Waals surface area contributed by atoms with E-state index in [4.69, 9.17) is 9.47 Å². The van der Waals surface area contributed by atoms with Crippen LogP contribution in [0, 0.1) is 0 Å². The van der Waals surface area contributed by atoms with Crippen molar-refractivity contribution in [3.05, 3.63) is 0 Å². The standard InChI is InChI=1S/C17H29N3O4/c21-16(18-11-14-12-23-9-10-24-14)15-7-4-8-20(15)17(22)19-13-5-2-1-3-6-13/h13-15H,1-12H2,(H,18,21)(H,19,22)/t14-,15+/m0/s1. The van der Waals surface area contributed by atoms with Crippen LogP contribution in [0.1, 0.15) is 44.9 Å². The van der Waals surface area contributed by atoms with Crippen molar-refractivity contribution < 1.29 is 19.1 Å². The van der Waals surface area contributed by atoms with Crippen molar-refractivity contribution in [3.8, 4) is 0 Å². The van der Waals surface area contributed by atoms with Crippen LogP contribution in [-0.4, -0.2) is 67.9 Å². The number of urea groups is 1. The van der Waals surface area contributed by atoms with E-state index in [9.17, 15) is 9.59 Å². The molecule has 2 saturated heterocycles. The summed E-state index contributed by atoms with van der Waals surface area (Å²) in [6, 6.07) is -0.182. The number of hydrogen-bond acceptors (Lipinski definition) is 4. The van der Waals surface area contributed by atoms with E-state index < -0.39 is 0 Å². The summed E-state index contributed by atoms with van der Waals surface area (Å²) in [5.41, 5.74) is 0. The predicted molar refractivity (Wildman–Crippen MR) is 88.7 cm³/mol. The number of likely N-dealkylation sites (tertiary alicyclic amines) is 1. The van der Waals surface area contributed by atoms with E-state index in [1.54, 1.807) is 4.90 Å². The quantitative estimate of drug-likeness (QED) is 0.802. The van der Waals surface area contributed by atoms with E-state index >= 15 is 0 Å². The second-order valence-corrected chi connectivity index (χ2v) is 6.95. The Bertz CT molecular complexity index is 434. The Balaban J connectivity index is 1.46. The molecule has 3 fully saturated rings. The van der Waals surface area contributed by atoms with Crippen molar-refractivity contribution >= 4 is 11.9 Å². The molecule has 0 bridgehead atoms. The molecule has 24 heavy (non-hydrogen) atoms. The van der Waals surface area contributed by atoms with Gasteiger partial charge in [0.25, 0.3) is 0 Å². The van der Waals surface area contributed by atoms with Crippen molar-refractivity contribution in [2.75, 3.05) is 32.9 Å². The first-order valence-electron chi connectivity index (χ1n) is 9.28. The zero-order chi connectivity index (χ0) is 16.8. The van der Waals surface area contributed by atoms with Crippen LogP contribution in [0.15, 0.2) is 0 Å². The highest BCUT2D eigenvalue weighted by atomic mass is 16.6. The summed E-state index contributed by atoms with van der Waals surface area (Å²) >= 11 is 0. The molecule has 7 nitrogen and oxygen atoms in total. The Labute approximate surface area is 143 Å². The van der Waals surface area contributed by atoms with Gasteiger partial charge < -0.3 is 25.0 Å². The van der Waals surface area contributed by atoms with Crippen LogP contribution in [0.4, 0.5) is 4.79 Å². The van der Waals surface area contributed by atoms with E-state index in [1.807, 2.05) is 0 Å². The smallest absolute Gasteiger partial charge is 0.318 e. The van der Waals surface area contributed by atoms with E-state index in [1.165, 1.54) is 19.3 Å². The van der Waals surface area contributed by atoms with Gasteiger partial charge in [-0.2, -0.15) is 0 Å². The molecular formula is C17H29N3O4. The highest BCUT2D eigenvalue weighted by Crippen LogP contribution is 2.21. The number of nitrogens with one attached hydrogen (secondary N) is 2. The molecule has 2 atom stereocenters. The van der Waals surface area contributed by atoms with Gasteiger partial charge in [-0.05, 0) is 25.7 Å². The molecule has 0 unspecified atom stereocenters. The third kappa shape index (κ3) is 4.60. The summed E-state index contributed by atoms with van der Waals surface area (Å²) in [6.45, 7) is 2.78. The number of nitrogens with zero attached hydrogens (tertiary/aromatic N) is 1. The molecule has 1 aliphatic carbocycles. The molecule has 2 aliphatic heterocycles. The van der Waals surface area contributed by atoms with Crippen LogP contribution in [-0.2, 0) is 14.3 Å². The number of carbonyl (C=O) groups excluding carboxylic acids is 2. The average molecular weight is 339 g/mol. The lowest BCUT2D eigenvalue weighted by Gasteiger charge is -2.29. The van der Waals surface area contributed by atoms with Gasteiger partial charge in [0, 0.05) is 19.1 Å². The minimum absolute atomic E-state index is 0.0829. The molecule has 3 rings (SSSR count). The van der Waals surface area contributed by atoms with Crippen LogP contribution < -0.4 is 10.6 Å². The summed E-state index contributed by atoms with van der Waals surface area (Å²) in [7, 11) is 0. The molecule has 7 heteroatoms. The average Bonchev–Trinajstić information content (AvgIpc) is 3.11. The SMILES string of the molecule is O=C(NC[C@H]1COCCO1)[C@H]1CCCN1C(=O)NC1CCCCC1. The van der Waals surface area contributed by atoms with E-state index in [0.717, 1.165) is 25.7 Å². The van der Waals surface area contributed by atoms with Gasteiger partial charge in [-0.3, -0.25) is 4.79 Å². The highest BCUT2D eigenvalue weighted by molar-refractivity contribution is 5.87. The van der Waals surface area contributed by atoms with Gasteiger partial charge in [0.1, 0.15) is 6.04 Å². The van der Waals surface area contributed by atoms with E-state index in [2.05, 4.69) is 10.6 Å². The summed E-state index contributed by atoms with van der Waals surface area (Å²) < 4.78 is 10.9. The molecule has 0 spiro atoms. The fraction of sp³-hybridized carbons (Fsp3) is 0.882. The van der Waals surface area contributed by atoms with Crippen molar-refractivity contribution in [2.24, 2.45) is 0 Å². The molecule has 2 N–H and O–H groups in total. The Morgan fingerprint density at radius 3 is 2.62 bits per heavy atom. The summed E-state index contributed by atoms with van der Waals surface area (Å²) in [5.74, 6) is -0.0829. The second kappa shape index (κ2) is 8.67. The lowest BCUT2D eigenvalue weighted by Crippen LogP contribution is -2.53. The Morgan fingerprint density at radius 1 is 1.04 bits per heavy atom. The fourth-order valence-electron chi connectivity index (χ4n) is 3.77. The minimum Gasteiger partial charge on any atom is -0.376 e. The van der Waals surface area contributed by atoms with Crippen LogP contribution in [0.3, 0.4) is 0 Å². The maximum absolute atomic E-state index is 12.5. The van der Waals surface area contributed by atoms with Crippen molar-refractivity contribution in [3.63, 3.8) is 0 Å². The van der Waals surface area contributed by atoms with Crippen LogP contribution in [0.25, 0.3) is 0 Å². The van der Waals surface area contributed by atoms with E-state index in [0.29, 0.717) is 32.9 Å². The molecule has 0 aromatic carbocycles. The number of rotatable bonds is 4. The van der Waals surface area contributed by atoms with Gasteiger partial charge in [0.2, 0.25) is 5.91 Å². The molecule has 0 aromatic heterocycles. The lowest BCUT2D eigenvalue weighted by atomic mass is 9.96. The fourth-order valence-corrected chi connectivity index (χ4v) is 3.77. The first-order chi connectivity index (χ1) is 11.7. The van der Waals surface area contributed by atoms with Crippen molar-refractivity contribution in [2.45, 2.75) is 63.1 Å². The van der Waals surface area contributed by atoms with Gasteiger partial charge in [-0.15, -0.1) is 0 Å². The number of hydrogen-bond donors (Lipinski definition) is 2. The van der Waals surface area contributed by atoms with Gasteiger partial charge in [0.05, 0.1) is 25.9 Å². The second-order valence-electron chi connectivity index (χ2n) is 6.95. The number of ether oxygens (including phenoxy) is 2. The van der Waals surface area contributed by atoms with Crippen molar-refractivity contribution in [1.82, 2.24) is 15.5 Å².